The first kappa shape index (κ1) is 13.8. The Kier molecular flexibility index (Phi) is 5.19. The van der Waals surface area contributed by atoms with Gasteiger partial charge in [-0.15, -0.1) is 0 Å². The van der Waals surface area contributed by atoms with E-state index in [-0.39, 0.29) is 0 Å². The molecule has 0 unspecified atom stereocenters. The first-order valence-electron chi connectivity index (χ1n) is 7.08. The van der Waals surface area contributed by atoms with Gasteiger partial charge in [0.05, 0.1) is 7.11 Å². The monoisotopic (exact) mass is 262 g/mol. The van der Waals surface area contributed by atoms with Crippen molar-refractivity contribution in [3.8, 4) is 0 Å². The molecule has 1 heterocycles. The van der Waals surface area contributed by atoms with Crippen molar-refractivity contribution < 1.29 is 9.53 Å². The minimum atomic E-state index is -0.393. The van der Waals surface area contributed by atoms with Crippen molar-refractivity contribution in [1.82, 2.24) is 4.98 Å². The number of carbonyl (C=O) groups excluding carboxylic acids is 1. The summed E-state index contributed by atoms with van der Waals surface area (Å²) in [5.74, 6) is 0.471. The third-order valence-corrected chi connectivity index (χ3v) is 3.76. The third-order valence-electron chi connectivity index (χ3n) is 3.76. The van der Waals surface area contributed by atoms with Gasteiger partial charge in [0.25, 0.3) is 0 Å². The Morgan fingerprint density at radius 3 is 2.95 bits per heavy atom. The average molecular weight is 262 g/mol. The summed E-state index contributed by atoms with van der Waals surface area (Å²) in [5, 5.41) is 3.36. The van der Waals surface area contributed by atoms with E-state index in [0.29, 0.717) is 5.69 Å². The number of esters is 1. The molecule has 19 heavy (non-hydrogen) atoms. The molecule has 0 bridgehead atoms. The van der Waals surface area contributed by atoms with Crippen molar-refractivity contribution in [2.75, 3.05) is 19.0 Å². The summed E-state index contributed by atoms with van der Waals surface area (Å²) in [6, 6.07) is 3.63. The molecule has 4 heteroatoms. The molecule has 0 amide bonds. The Bertz CT molecular complexity index is 414. The van der Waals surface area contributed by atoms with E-state index < -0.39 is 5.97 Å². The largest absolute Gasteiger partial charge is 0.464 e. The highest BCUT2D eigenvalue weighted by Gasteiger charge is 2.13. The van der Waals surface area contributed by atoms with Crippen LogP contribution < -0.4 is 5.32 Å². The van der Waals surface area contributed by atoms with Crippen LogP contribution in [0.3, 0.4) is 0 Å². The number of ether oxygens (including phenoxy) is 1. The molecule has 1 aliphatic carbocycles. The van der Waals surface area contributed by atoms with Crippen molar-refractivity contribution in [2.24, 2.45) is 5.92 Å². The van der Waals surface area contributed by atoms with E-state index >= 15 is 0 Å². The number of aromatic nitrogens is 1. The van der Waals surface area contributed by atoms with Gasteiger partial charge in [0.1, 0.15) is 5.69 Å². The molecule has 2 rings (SSSR count). The molecular weight excluding hydrogens is 240 g/mol. The van der Waals surface area contributed by atoms with Gasteiger partial charge in [0.2, 0.25) is 0 Å². The van der Waals surface area contributed by atoms with Crippen molar-refractivity contribution in [2.45, 2.75) is 38.5 Å². The number of methoxy groups -OCH3 is 1. The number of pyridine rings is 1. The van der Waals surface area contributed by atoms with Crippen LogP contribution in [0.25, 0.3) is 0 Å². The van der Waals surface area contributed by atoms with Gasteiger partial charge < -0.3 is 10.1 Å². The van der Waals surface area contributed by atoms with Crippen LogP contribution in [0.5, 0.6) is 0 Å². The van der Waals surface area contributed by atoms with Gasteiger partial charge in [0.15, 0.2) is 0 Å². The van der Waals surface area contributed by atoms with Gasteiger partial charge >= 0.3 is 5.97 Å². The maximum atomic E-state index is 11.4. The van der Waals surface area contributed by atoms with Crippen LogP contribution in [0.1, 0.15) is 49.0 Å². The molecule has 1 saturated carbocycles. The van der Waals surface area contributed by atoms with Gasteiger partial charge in [-0.3, -0.25) is 0 Å². The summed E-state index contributed by atoms with van der Waals surface area (Å²) in [6.45, 7) is 0.954. The summed E-state index contributed by atoms with van der Waals surface area (Å²) < 4.78 is 4.66. The number of nitrogens with zero attached hydrogens (tertiary/aromatic N) is 1. The third kappa shape index (κ3) is 4.23. The number of hydrogen-bond acceptors (Lipinski definition) is 4. The van der Waals surface area contributed by atoms with Crippen LogP contribution in [-0.2, 0) is 4.74 Å². The lowest BCUT2D eigenvalue weighted by atomic mass is 9.87. The molecule has 1 fully saturated rings. The lowest BCUT2D eigenvalue weighted by molar-refractivity contribution is 0.0594. The predicted octanol–water partition coefficient (Wildman–Crippen LogP) is 3.25. The average Bonchev–Trinajstić information content (AvgIpc) is 2.48. The van der Waals surface area contributed by atoms with Crippen molar-refractivity contribution in [3.63, 3.8) is 0 Å². The van der Waals surface area contributed by atoms with Gasteiger partial charge in [-0.2, -0.15) is 0 Å². The Hall–Kier alpha value is -1.58. The van der Waals surface area contributed by atoms with Crippen LogP contribution in [0.15, 0.2) is 18.3 Å². The summed E-state index contributed by atoms with van der Waals surface area (Å²) in [7, 11) is 1.37. The molecule has 0 aromatic carbocycles. The number of rotatable bonds is 5. The van der Waals surface area contributed by atoms with Crippen LogP contribution in [0.2, 0.25) is 0 Å². The quantitative estimate of drug-likeness (QED) is 0.828. The van der Waals surface area contributed by atoms with Gasteiger partial charge in [-0.1, -0.05) is 32.1 Å². The molecule has 0 aliphatic heterocycles. The van der Waals surface area contributed by atoms with Gasteiger partial charge in [-0.25, -0.2) is 9.78 Å². The van der Waals surface area contributed by atoms with E-state index in [9.17, 15) is 4.79 Å². The maximum Gasteiger partial charge on any atom is 0.356 e. The number of hydrogen-bond donors (Lipinski definition) is 1. The first-order valence-corrected chi connectivity index (χ1v) is 7.08. The van der Waals surface area contributed by atoms with Gasteiger partial charge in [0, 0.05) is 18.4 Å². The van der Waals surface area contributed by atoms with E-state index in [1.54, 1.807) is 12.3 Å². The molecule has 0 radical (unpaired) electrons. The summed E-state index contributed by atoms with van der Waals surface area (Å²) in [4.78, 5) is 15.4. The van der Waals surface area contributed by atoms with Crippen LogP contribution in [0.4, 0.5) is 5.69 Å². The fourth-order valence-electron chi connectivity index (χ4n) is 2.65. The smallest absolute Gasteiger partial charge is 0.356 e. The highest BCUT2D eigenvalue weighted by Crippen LogP contribution is 2.26. The number of carbonyl (C=O) groups is 1. The fourth-order valence-corrected chi connectivity index (χ4v) is 2.65. The second kappa shape index (κ2) is 7.12. The fraction of sp³-hybridized carbons (Fsp3) is 0.600. The van der Waals surface area contributed by atoms with Crippen molar-refractivity contribution >= 4 is 11.7 Å². The molecule has 1 aromatic heterocycles. The van der Waals surface area contributed by atoms with Crippen LogP contribution in [-0.4, -0.2) is 24.6 Å². The lowest BCUT2D eigenvalue weighted by Gasteiger charge is -2.21. The van der Waals surface area contributed by atoms with Crippen LogP contribution in [0, 0.1) is 5.92 Å². The summed E-state index contributed by atoms with van der Waals surface area (Å²) in [6.07, 6.45) is 9.73. The zero-order chi connectivity index (χ0) is 13.5. The van der Waals surface area contributed by atoms with E-state index in [1.165, 1.54) is 45.6 Å². The molecule has 4 nitrogen and oxygen atoms in total. The zero-order valence-corrected chi connectivity index (χ0v) is 11.5. The Morgan fingerprint density at radius 1 is 1.42 bits per heavy atom. The summed E-state index contributed by atoms with van der Waals surface area (Å²) in [5.41, 5.74) is 1.29. The first-order chi connectivity index (χ1) is 9.29. The normalized spacial score (nSPS) is 16.1. The number of nitrogens with one attached hydrogen (secondary N) is 1. The SMILES string of the molecule is COC(=O)c1cc(NCCC2CCCCC2)ccn1. The van der Waals surface area contributed by atoms with E-state index in [1.807, 2.05) is 6.07 Å². The molecule has 104 valence electrons. The van der Waals surface area contributed by atoms with E-state index in [4.69, 9.17) is 0 Å². The highest BCUT2D eigenvalue weighted by molar-refractivity contribution is 5.88. The molecule has 0 saturated heterocycles. The summed E-state index contributed by atoms with van der Waals surface area (Å²) >= 11 is 0. The second-order valence-electron chi connectivity index (χ2n) is 5.14. The number of anilines is 1. The topological polar surface area (TPSA) is 51.2 Å². The van der Waals surface area contributed by atoms with Gasteiger partial charge in [-0.05, 0) is 24.5 Å². The Balaban J connectivity index is 1.80. The Labute approximate surface area is 114 Å². The molecule has 0 atom stereocenters. The minimum absolute atomic E-state index is 0.352. The van der Waals surface area contributed by atoms with Crippen molar-refractivity contribution in [3.05, 3.63) is 24.0 Å². The lowest BCUT2D eigenvalue weighted by Crippen LogP contribution is -2.12. The highest BCUT2D eigenvalue weighted by atomic mass is 16.5. The maximum absolute atomic E-state index is 11.4. The van der Waals surface area contributed by atoms with Crippen molar-refractivity contribution in [1.29, 1.82) is 0 Å². The molecule has 1 N–H and O–H groups in total. The molecule has 1 aromatic rings. The molecule has 1 aliphatic rings. The predicted molar refractivity (Wildman–Crippen MR) is 75.3 cm³/mol. The molecule has 0 spiro atoms. The minimum Gasteiger partial charge on any atom is -0.464 e. The Morgan fingerprint density at radius 2 is 2.21 bits per heavy atom. The zero-order valence-electron chi connectivity index (χ0n) is 11.5. The second-order valence-corrected chi connectivity index (χ2v) is 5.14. The standard InChI is InChI=1S/C15H22N2O2/c1-19-15(18)14-11-13(8-10-17-14)16-9-7-12-5-3-2-4-6-12/h8,10-12H,2-7,9H2,1H3,(H,16,17). The molecular formula is C15H22N2O2. The van der Waals surface area contributed by atoms with Crippen LogP contribution >= 0.6 is 0 Å². The van der Waals surface area contributed by atoms with E-state index in [2.05, 4.69) is 15.0 Å². The van der Waals surface area contributed by atoms with E-state index in [0.717, 1.165) is 18.2 Å².